The minimum Gasteiger partial charge on any atom is -0.462 e. The molecule has 222 valence electrons. The van der Waals surface area contributed by atoms with Crippen molar-refractivity contribution in [3.05, 3.63) is 59.7 Å². The zero-order valence-corrected chi connectivity index (χ0v) is 24.9. The number of nitrogens with zero attached hydrogens (tertiary/aromatic N) is 2. The Morgan fingerprint density at radius 1 is 0.595 bits per heavy atom. The van der Waals surface area contributed by atoms with E-state index in [1.807, 2.05) is 42.5 Å². The van der Waals surface area contributed by atoms with Gasteiger partial charge in [0, 0.05) is 0 Å². The first-order valence-electron chi connectivity index (χ1n) is 16.2. The van der Waals surface area contributed by atoms with Crippen LogP contribution in [0.4, 0.5) is 0 Å². The number of ether oxygens (including phenoxy) is 2. The SMILES string of the molecule is O=C(OCCCCN1CCCCC1)c1ccc2c(c1)-c1ccc(C(=O)OCCCCN3CCCCC3)c3cccc-2c13. The summed E-state index contributed by atoms with van der Waals surface area (Å²) in [4.78, 5) is 31.1. The summed E-state index contributed by atoms with van der Waals surface area (Å²) in [5.74, 6) is -0.541. The second kappa shape index (κ2) is 13.8. The molecule has 0 spiro atoms. The summed E-state index contributed by atoms with van der Waals surface area (Å²) in [6, 6.07) is 15.8. The summed E-state index contributed by atoms with van der Waals surface area (Å²) in [6.45, 7) is 7.87. The van der Waals surface area contributed by atoms with Crippen LogP contribution in [0.1, 0.15) is 84.9 Å². The lowest BCUT2D eigenvalue weighted by Crippen LogP contribution is -2.30. The van der Waals surface area contributed by atoms with Crippen LogP contribution in [-0.2, 0) is 9.47 Å². The molecule has 1 aliphatic carbocycles. The van der Waals surface area contributed by atoms with Crippen molar-refractivity contribution in [3.8, 4) is 22.3 Å². The van der Waals surface area contributed by atoms with E-state index in [4.69, 9.17) is 9.47 Å². The van der Waals surface area contributed by atoms with Gasteiger partial charge >= 0.3 is 11.9 Å². The highest BCUT2D eigenvalue weighted by Crippen LogP contribution is 2.48. The van der Waals surface area contributed by atoms with Crippen LogP contribution in [0, 0.1) is 0 Å². The van der Waals surface area contributed by atoms with Crippen LogP contribution in [-0.4, -0.2) is 74.2 Å². The standard InChI is InChI=1S/C36H44N2O4/c39-35(41-24-9-7-22-37-18-3-1-4-19-37)27-14-15-28-29-12-11-13-30-32(17-16-31(34(29)30)33(28)26-27)36(40)42-25-10-8-23-38-20-5-2-6-21-38/h11-17,26H,1-10,18-25H2. The Kier molecular flexibility index (Phi) is 9.51. The van der Waals surface area contributed by atoms with Gasteiger partial charge in [0.25, 0.3) is 0 Å². The number of piperidine rings is 2. The zero-order chi connectivity index (χ0) is 28.7. The molecular formula is C36H44N2O4. The molecule has 6 nitrogen and oxygen atoms in total. The van der Waals surface area contributed by atoms with Crippen LogP contribution in [0.5, 0.6) is 0 Å². The molecule has 2 fully saturated rings. The third-order valence-corrected chi connectivity index (χ3v) is 9.20. The molecular weight excluding hydrogens is 524 g/mol. The number of likely N-dealkylation sites (tertiary alicyclic amines) is 2. The van der Waals surface area contributed by atoms with Gasteiger partial charge in [-0.3, -0.25) is 0 Å². The van der Waals surface area contributed by atoms with Gasteiger partial charge in [-0.15, -0.1) is 0 Å². The smallest absolute Gasteiger partial charge is 0.338 e. The Labute approximate surface area is 250 Å². The highest BCUT2D eigenvalue weighted by atomic mass is 16.5. The van der Waals surface area contributed by atoms with Crippen molar-refractivity contribution in [1.82, 2.24) is 9.80 Å². The maximum absolute atomic E-state index is 13.1. The number of benzene rings is 3. The van der Waals surface area contributed by atoms with Crippen LogP contribution in [0.15, 0.2) is 48.5 Å². The molecule has 0 atom stereocenters. The van der Waals surface area contributed by atoms with Gasteiger partial charge in [-0.05, 0) is 142 Å². The summed E-state index contributed by atoms with van der Waals surface area (Å²) in [5.41, 5.74) is 5.40. The van der Waals surface area contributed by atoms with Gasteiger partial charge in [-0.25, -0.2) is 9.59 Å². The number of rotatable bonds is 12. The average molecular weight is 569 g/mol. The lowest BCUT2D eigenvalue weighted by molar-refractivity contribution is 0.0486. The molecule has 2 saturated heterocycles. The fraction of sp³-hybridized carbons (Fsp3) is 0.500. The third-order valence-electron chi connectivity index (χ3n) is 9.20. The van der Waals surface area contributed by atoms with E-state index in [0.29, 0.717) is 24.3 Å². The van der Waals surface area contributed by atoms with Gasteiger partial charge in [0.05, 0.1) is 24.3 Å². The first-order valence-corrected chi connectivity index (χ1v) is 16.2. The fourth-order valence-electron chi connectivity index (χ4n) is 6.89. The molecule has 2 aliphatic heterocycles. The number of carbonyl (C=O) groups excluding carboxylic acids is 2. The van der Waals surface area contributed by atoms with Gasteiger partial charge in [-0.2, -0.15) is 0 Å². The highest BCUT2D eigenvalue weighted by Gasteiger charge is 2.25. The molecule has 42 heavy (non-hydrogen) atoms. The summed E-state index contributed by atoms with van der Waals surface area (Å²) >= 11 is 0. The number of hydrogen-bond acceptors (Lipinski definition) is 6. The van der Waals surface area contributed by atoms with E-state index in [0.717, 1.165) is 71.8 Å². The number of carbonyl (C=O) groups is 2. The molecule has 6 rings (SSSR count). The van der Waals surface area contributed by atoms with E-state index in [2.05, 4.69) is 15.9 Å². The molecule has 0 bridgehead atoms. The fourth-order valence-corrected chi connectivity index (χ4v) is 6.89. The summed E-state index contributed by atoms with van der Waals surface area (Å²) in [5, 5.41) is 1.95. The van der Waals surface area contributed by atoms with Crippen LogP contribution in [0.3, 0.4) is 0 Å². The number of hydrogen-bond donors (Lipinski definition) is 0. The minimum absolute atomic E-state index is 0.266. The number of unbranched alkanes of at least 4 members (excludes halogenated alkanes) is 2. The van der Waals surface area contributed by atoms with E-state index in [-0.39, 0.29) is 11.9 Å². The van der Waals surface area contributed by atoms with Crippen molar-refractivity contribution in [2.45, 2.75) is 64.2 Å². The lowest BCUT2D eigenvalue weighted by atomic mass is 9.98. The Morgan fingerprint density at radius 3 is 1.86 bits per heavy atom. The Bertz CT molecular complexity index is 1410. The van der Waals surface area contributed by atoms with Crippen LogP contribution >= 0.6 is 0 Å². The van der Waals surface area contributed by atoms with Crippen molar-refractivity contribution in [2.75, 3.05) is 52.5 Å². The lowest BCUT2D eigenvalue weighted by Gasteiger charge is -2.26. The van der Waals surface area contributed by atoms with E-state index in [1.54, 1.807) is 0 Å². The molecule has 3 aromatic carbocycles. The molecule has 0 amide bonds. The largest absolute Gasteiger partial charge is 0.462 e. The Balaban J connectivity index is 1.06. The summed E-state index contributed by atoms with van der Waals surface area (Å²) < 4.78 is 11.4. The second-order valence-electron chi connectivity index (χ2n) is 12.1. The minimum atomic E-state index is -0.275. The predicted molar refractivity (Wildman–Crippen MR) is 168 cm³/mol. The van der Waals surface area contributed by atoms with E-state index >= 15 is 0 Å². The third kappa shape index (κ3) is 6.55. The molecule has 3 aliphatic rings. The molecule has 0 radical (unpaired) electrons. The van der Waals surface area contributed by atoms with Crippen molar-refractivity contribution in [3.63, 3.8) is 0 Å². The molecule has 6 heteroatoms. The number of esters is 2. The molecule has 0 unspecified atom stereocenters. The van der Waals surface area contributed by atoms with E-state index < -0.39 is 0 Å². The summed E-state index contributed by atoms with van der Waals surface area (Å²) in [6.07, 6.45) is 11.8. The average Bonchev–Trinajstić information content (AvgIpc) is 3.36. The van der Waals surface area contributed by atoms with E-state index in [9.17, 15) is 9.59 Å². The Morgan fingerprint density at radius 2 is 1.19 bits per heavy atom. The first-order chi connectivity index (χ1) is 20.7. The topological polar surface area (TPSA) is 59.1 Å². The van der Waals surface area contributed by atoms with Gasteiger partial charge in [-0.1, -0.05) is 43.2 Å². The van der Waals surface area contributed by atoms with Crippen LogP contribution in [0.2, 0.25) is 0 Å². The van der Waals surface area contributed by atoms with Gasteiger partial charge in [0.2, 0.25) is 0 Å². The molecule has 0 aromatic heterocycles. The van der Waals surface area contributed by atoms with Crippen LogP contribution < -0.4 is 0 Å². The maximum Gasteiger partial charge on any atom is 0.338 e. The monoisotopic (exact) mass is 568 g/mol. The first kappa shape index (κ1) is 28.9. The molecule has 3 aromatic rings. The molecule has 2 heterocycles. The van der Waals surface area contributed by atoms with Gasteiger partial charge in [0.1, 0.15) is 0 Å². The molecule has 0 N–H and O–H groups in total. The second-order valence-corrected chi connectivity index (χ2v) is 12.1. The number of fused-ring (bicyclic) bond motifs is 3. The quantitative estimate of drug-likeness (QED) is 0.132. The van der Waals surface area contributed by atoms with Gasteiger partial charge in [0.15, 0.2) is 0 Å². The zero-order valence-electron chi connectivity index (χ0n) is 24.9. The molecule has 0 saturated carbocycles. The van der Waals surface area contributed by atoms with Crippen molar-refractivity contribution in [1.29, 1.82) is 0 Å². The van der Waals surface area contributed by atoms with Gasteiger partial charge < -0.3 is 19.3 Å². The normalized spacial score (nSPS) is 16.9. The van der Waals surface area contributed by atoms with Crippen molar-refractivity contribution in [2.24, 2.45) is 0 Å². The van der Waals surface area contributed by atoms with Crippen molar-refractivity contribution < 1.29 is 19.1 Å². The predicted octanol–water partition coefficient (Wildman–Crippen LogP) is 7.33. The van der Waals surface area contributed by atoms with Crippen molar-refractivity contribution >= 4 is 22.7 Å². The van der Waals surface area contributed by atoms with Crippen LogP contribution in [0.25, 0.3) is 33.0 Å². The highest BCUT2D eigenvalue weighted by molar-refractivity contribution is 6.20. The summed E-state index contributed by atoms with van der Waals surface area (Å²) in [7, 11) is 0. The Hall–Kier alpha value is -3.22. The maximum atomic E-state index is 13.1. The van der Waals surface area contributed by atoms with E-state index in [1.165, 1.54) is 64.7 Å².